The molecule has 0 aromatic heterocycles. The van der Waals surface area contributed by atoms with Crippen LogP contribution in [0.2, 0.25) is 0 Å². The van der Waals surface area contributed by atoms with Gasteiger partial charge in [0.15, 0.2) is 6.73 Å². The van der Waals surface area contributed by atoms with Gasteiger partial charge in [-0.25, -0.2) is 4.79 Å². The summed E-state index contributed by atoms with van der Waals surface area (Å²) in [5.74, 6) is 1.47. The Kier molecular flexibility index (Phi) is 6.78. The summed E-state index contributed by atoms with van der Waals surface area (Å²) in [4.78, 5) is 28.8. The van der Waals surface area contributed by atoms with E-state index in [1.807, 2.05) is 93.6 Å². The first-order valence-corrected chi connectivity index (χ1v) is 12.6. The molecule has 0 N–H and O–H groups in total. The van der Waals surface area contributed by atoms with E-state index in [0.29, 0.717) is 31.0 Å². The number of ether oxygens (including phenoxy) is 3. The van der Waals surface area contributed by atoms with Gasteiger partial charge >= 0.3 is 6.09 Å². The molecule has 37 heavy (non-hydrogen) atoms. The van der Waals surface area contributed by atoms with Crippen molar-refractivity contribution >= 4 is 17.7 Å². The standard InChI is InChI=1S/C30H32N2O5/c1-30(2,3)37-29(34)31-16-15-21(18-31)19-35-25-12-10-24(11-13-25)32-20-36-27-17-23(9-14-26(27)28(32)33)22-7-5-4-6-8-22/h4-14,17,21H,15-16,18-20H2,1-3H3. The highest BCUT2D eigenvalue weighted by Gasteiger charge is 2.30. The fourth-order valence-electron chi connectivity index (χ4n) is 4.56. The van der Waals surface area contributed by atoms with Crippen LogP contribution in [-0.4, -0.2) is 48.9 Å². The van der Waals surface area contributed by atoms with E-state index >= 15 is 0 Å². The third kappa shape index (κ3) is 5.71. The second-order valence-electron chi connectivity index (χ2n) is 10.5. The number of nitrogens with zero attached hydrogens (tertiary/aromatic N) is 2. The first-order chi connectivity index (χ1) is 17.8. The molecule has 2 aliphatic heterocycles. The molecule has 3 aromatic carbocycles. The summed E-state index contributed by atoms with van der Waals surface area (Å²) in [6.45, 7) is 7.57. The Bertz CT molecular complexity index is 1270. The van der Waals surface area contributed by atoms with Crippen LogP contribution in [0, 0.1) is 5.92 Å². The largest absolute Gasteiger partial charge is 0.493 e. The third-order valence-corrected chi connectivity index (χ3v) is 6.49. The highest BCUT2D eigenvalue weighted by molar-refractivity contribution is 6.09. The lowest BCUT2D eigenvalue weighted by atomic mass is 10.0. The summed E-state index contributed by atoms with van der Waals surface area (Å²) in [5, 5.41) is 0. The maximum Gasteiger partial charge on any atom is 0.410 e. The van der Waals surface area contributed by atoms with Crippen molar-refractivity contribution in [3.63, 3.8) is 0 Å². The van der Waals surface area contributed by atoms with Crippen LogP contribution < -0.4 is 14.4 Å². The smallest absolute Gasteiger partial charge is 0.410 e. The molecule has 0 bridgehead atoms. The van der Waals surface area contributed by atoms with E-state index in [2.05, 4.69) is 0 Å². The van der Waals surface area contributed by atoms with E-state index < -0.39 is 5.60 Å². The Balaban J connectivity index is 1.17. The van der Waals surface area contributed by atoms with Gasteiger partial charge < -0.3 is 19.1 Å². The number of anilines is 1. The summed E-state index contributed by atoms with van der Waals surface area (Å²) < 4.78 is 17.4. The number of carbonyl (C=O) groups is 2. The minimum absolute atomic E-state index is 0.0947. The molecule has 3 aromatic rings. The molecule has 1 atom stereocenters. The van der Waals surface area contributed by atoms with Gasteiger partial charge in [-0.1, -0.05) is 36.4 Å². The van der Waals surface area contributed by atoms with Gasteiger partial charge in [-0.3, -0.25) is 9.69 Å². The molecule has 1 unspecified atom stereocenters. The Labute approximate surface area is 217 Å². The molecule has 2 heterocycles. The van der Waals surface area contributed by atoms with E-state index in [4.69, 9.17) is 14.2 Å². The topological polar surface area (TPSA) is 68.3 Å². The summed E-state index contributed by atoms with van der Waals surface area (Å²) >= 11 is 0. The maximum absolute atomic E-state index is 13.2. The number of benzene rings is 3. The van der Waals surface area contributed by atoms with Crippen LogP contribution in [0.4, 0.5) is 10.5 Å². The van der Waals surface area contributed by atoms with E-state index in [1.54, 1.807) is 9.80 Å². The van der Waals surface area contributed by atoms with Crippen LogP contribution in [-0.2, 0) is 4.74 Å². The SMILES string of the molecule is CC(C)(C)OC(=O)N1CCC(COc2ccc(N3COc4cc(-c5ccccc5)ccc4C3=O)cc2)C1. The predicted octanol–water partition coefficient (Wildman–Crippen LogP) is 5.99. The van der Waals surface area contributed by atoms with Crippen LogP contribution >= 0.6 is 0 Å². The Hall–Kier alpha value is -4.00. The molecular weight excluding hydrogens is 468 g/mol. The van der Waals surface area contributed by atoms with Crippen molar-refractivity contribution in [1.82, 2.24) is 4.90 Å². The molecule has 2 aliphatic rings. The molecule has 0 radical (unpaired) electrons. The van der Waals surface area contributed by atoms with Gasteiger partial charge in [0.05, 0.1) is 12.2 Å². The van der Waals surface area contributed by atoms with Gasteiger partial charge in [0, 0.05) is 24.7 Å². The first kappa shape index (κ1) is 24.7. The maximum atomic E-state index is 13.2. The highest BCUT2D eigenvalue weighted by atomic mass is 16.6. The number of rotatable bonds is 5. The number of carbonyl (C=O) groups excluding carboxylic acids is 2. The van der Waals surface area contributed by atoms with Gasteiger partial charge in [0.2, 0.25) is 0 Å². The van der Waals surface area contributed by atoms with Gasteiger partial charge in [0.1, 0.15) is 17.1 Å². The van der Waals surface area contributed by atoms with E-state index in [1.165, 1.54) is 0 Å². The second kappa shape index (κ2) is 10.2. The molecule has 1 saturated heterocycles. The monoisotopic (exact) mass is 500 g/mol. The second-order valence-corrected chi connectivity index (χ2v) is 10.5. The Morgan fingerprint density at radius 1 is 1.00 bits per heavy atom. The van der Waals surface area contributed by atoms with Gasteiger partial charge in [-0.05, 0) is 74.7 Å². The van der Waals surface area contributed by atoms with Crippen LogP contribution in [0.25, 0.3) is 11.1 Å². The summed E-state index contributed by atoms with van der Waals surface area (Å²) in [6.07, 6.45) is 0.605. The number of fused-ring (bicyclic) bond motifs is 1. The molecule has 2 amide bonds. The number of hydrogen-bond acceptors (Lipinski definition) is 5. The van der Waals surface area contributed by atoms with Crippen molar-refractivity contribution in [2.75, 3.05) is 31.3 Å². The van der Waals surface area contributed by atoms with E-state index in [-0.39, 0.29) is 24.6 Å². The van der Waals surface area contributed by atoms with E-state index in [9.17, 15) is 9.59 Å². The number of hydrogen-bond donors (Lipinski definition) is 0. The molecule has 0 aliphatic carbocycles. The zero-order chi connectivity index (χ0) is 26.0. The number of likely N-dealkylation sites (tertiary alicyclic amines) is 1. The zero-order valence-corrected chi connectivity index (χ0v) is 21.5. The lowest BCUT2D eigenvalue weighted by molar-refractivity contribution is 0.0284. The lowest BCUT2D eigenvalue weighted by Crippen LogP contribution is -2.38. The molecular formula is C30H32N2O5. The predicted molar refractivity (Wildman–Crippen MR) is 142 cm³/mol. The third-order valence-electron chi connectivity index (χ3n) is 6.49. The van der Waals surface area contributed by atoms with E-state index in [0.717, 1.165) is 29.0 Å². The minimum Gasteiger partial charge on any atom is -0.493 e. The molecule has 7 heteroatoms. The summed E-state index contributed by atoms with van der Waals surface area (Å²) in [5.41, 5.74) is 2.88. The van der Waals surface area contributed by atoms with Crippen LogP contribution in [0.1, 0.15) is 37.6 Å². The fourth-order valence-corrected chi connectivity index (χ4v) is 4.56. The van der Waals surface area contributed by atoms with Crippen molar-refractivity contribution in [2.24, 2.45) is 5.92 Å². The van der Waals surface area contributed by atoms with Crippen molar-refractivity contribution in [3.05, 3.63) is 78.4 Å². The molecule has 0 saturated carbocycles. The molecule has 0 spiro atoms. The number of amides is 2. The van der Waals surface area contributed by atoms with Crippen molar-refractivity contribution in [2.45, 2.75) is 32.8 Å². The van der Waals surface area contributed by atoms with Crippen LogP contribution in [0.5, 0.6) is 11.5 Å². The molecule has 7 nitrogen and oxygen atoms in total. The van der Waals surface area contributed by atoms with Gasteiger partial charge in [-0.15, -0.1) is 0 Å². The van der Waals surface area contributed by atoms with Crippen LogP contribution in [0.3, 0.4) is 0 Å². The van der Waals surface area contributed by atoms with Crippen molar-refractivity contribution in [1.29, 1.82) is 0 Å². The summed E-state index contributed by atoms with van der Waals surface area (Å²) in [7, 11) is 0. The van der Waals surface area contributed by atoms with Crippen molar-refractivity contribution < 1.29 is 23.8 Å². The van der Waals surface area contributed by atoms with Gasteiger partial charge in [0.25, 0.3) is 5.91 Å². The fraction of sp³-hybridized carbons (Fsp3) is 0.333. The molecule has 192 valence electrons. The average Bonchev–Trinajstić information content (AvgIpc) is 3.37. The average molecular weight is 501 g/mol. The lowest BCUT2D eigenvalue weighted by Gasteiger charge is -2.29. The van der Waals surface area contributed by atoms with Crippen molar-refractivity contribution in [3.8, 4) is 22.6 Å². The normalized spacial score (nSPS) is 17.3. The Morgan fingerprint density at radius 3 is 2.49 bits per heavy atom. The molecule has 1 fully saturated rings. The minimum atomic E-state index is -0.499. The quantitative estimate of drug-likeness (QED) is 0.431. The summed E-state index contributed by atoms with van der Waals surface area (Å²) in [6, 6.07) is 23.2. The van der Waals surface area contributed by atoms with Crippen LogP contribution in [0.15, 0.2) is 72.8 Å². The first-order valence-electron chi connectivity index (χ1n) is 12.6. The highest BCUT2D eigenvalue weighted by Crippen LogP contribution is 2.33. The molecule has 5 rings (SSSR count). The van der Waals surface area contributed by atoms with Gasteiger partial charge in [-0.2, -0.15) is 0 Å². The Morgan fingerprint density at radius 2 is 1.76 bits per heavy atom. The zero-order valence-electron chi connectivity index (χ0n) is 21.5.